The molecule has 0 spiro atoms. The fourth-order valence-electron chi connectivity index (χ4n) is 2.64. The van der Waals surface area contributed by atoms with Crippen LogP contribution in [0.4, 0.5) is 5.69 Å². The largest absolute Gasteiger partial charge is 0.495 e. The van der Waals surface area contributed by atoms with E-state index in [2.05, 4.69) is 11.6 Å². The number of methoxy groups -OCH3 is 1. The second-order valence-electron chi connectivity index (χ2n) is 6.07. The molecule has 0 fully saturated rings. The topological polar surface area (TPSA) is 75.7 Å². The number of nitrogens with one attached hydrogen (secondary N) is 1. The molecule has 6 nitrogen and oxygen atoms in total. The van der Waals surface area contributed by atoms with Gasteiger partial charge in [0.2, 0.25) is 0 Å². The number of sulfonamides is 1. The van der Waals surface area contributed by atoms with Crippen molar-refractivity contribution in [2.24, 2.45) is 0 Å². The molecule has 27 heavy (non-hydrogen) atoms. The van der Waals surface area contributed by atoms with Gasteiger partial charge in [-0.15, -0.1) is 0 Å². The molecule has 2 aromatic rings. The van der Waals surface area contributed by atoms with Crippen LogP contribution in [0.3, 0.4) is 0 Å². The van der Waals surface area contributed by atoms with Crippen LogP contribution >= 0.6 is 0 Å². The summed E-state index contributed by atoms with van der Waals surface area (Å²) in [6, 6.07) is 12.8. The highest BCUT2D eigenvalue weighted by Crippen LogP contribution is 2.26. The van der Waals surface area contributed by atoms with Crippen molar-refractivity contribution in [2.75, 3.05) is 24.9 Å². The van der Waals surface area contributed by atoms with Crippen LogP contribution in [0.5, 0.6) is 5.75 Å². The minimum Gasteiger partial charge on any atom is -0.495 e. The zero-order chi connectivity index (χ0) is 19.9. The van der Waals surface area contributed by atoms with Crippen molar-refractivity contribution >= 4 is 21.6 Å². The van der Waals surface area contributed by atoms with E-state index in [1.165, 1.54) is 19.2 Å². The summed E-state index contributed by atoms with van der Waals surface area (Å²) in [5.41, 5.74) is 0.834. The van der Waals surface area contributed by atoms with E-state index in [9.17, 15) is 13.2 Å². The quantitative estimate of drug-likeness (QED) is 0.707. The molecule has 0 saturated heterocycles. The van der Waals surface area contributed by atoms with Gasteiger partial charge in [-0.3, -0.25) is 9.52 Å². The van der Waals surface area contributed by atoms with Crippen molar-refractivity contribution in [3.05, 3.63) is 54.1 Å². The molecule has 0 heterocycles. The van der Waals surface area contributed by atoms with Gasteiger partial charge in [-0.25, -0.2) is 8.42 Å². The van der Waals surface area contributed by atoms with Crippen molar-refractivity contribution in [3.63, 3.8) is 0 Å². The van der Waals surface area contributed by atoms with Gasteiger partial charge in [0.25, 0.3) is 15.9 Å². The maximum Gasteiger partial charge on any atom is 0.262 e. The first kappa shape index (κ1) is 20.8. The fourth-order valence-corrected chi connectivity index (χ4v) is 3.71. The lowest BCUT2D eigenvalue weighted by molar-refractivity contribution is 0.0762. The second kappa shape index (κ2) is 9.41. The highest BCUT2D eigenvalue weighted by atomic mass is 32.2. The summed E-state index contributed by atoms with van der Waals surface area (Å²) >= 11 is 0. The van der Waals surface area contributed by atoms with Crippen LogP contribution in [-0.4, -0.2) is 39.4 Å². The Morgan fingerprint density at radius 2 is 1.74 bits per heavy atom. The standard InChI is InChI=1S/C20H26N2O4S/c1-4-6-15-22(5-2)20(23)16-11-13-17(14-12-16)27(24,25)21-18-9-7-8-10-19(18)26-3/h7-14,21H,4-6,15H2,1-3H3. The third-order valence-corrected chi connectivity index (χ3v) is 5.59. The van der Waals surface area contributed by atoms with Crippen molar-refractivity contribution in [1.82, 2.24) is 4.90 Å². The van der Waals surface area contributed by atoms with Gasteiger partial charge >= 0.3 is 0 Å². The molecule has 0 atom stereocenters. The molecule has 0 aliphatic heterocycles. The normalized spacial score (nSPS) is 11.1. The Hall–Kier alpha value is -2.54. The number of ether oxygens (including phenoxy) is 1. The van der Waals surface area contributed by atoms with E-state index in [0.29, 0.717) is 30.1 Å². The minimum atomic E-state index is -3.78. The molecule has 0 aliphatic carbocycles. The third-order valence-electron chi connectivity index (χ3n) is 4.21. The molecule has 1 amide bonds. The number of rotatable bonds is 9. The van der Waals surface area contributed by atoms with E-state index in [4.69, 9.17) is 4.74 Å². The Labute approximate surface area is 161 Å². The first-order valence-electron chi connectivity index (χ1n) is 8.98. The summed E-state index contributed by atoms with van der Waals surface area (Å²) in [6.07, 6.45) is 1.95. The van der Waals surface area contributed by atoms with Crippen LogP contribution < -0.4 is 9.46 Å². The molecule has 0 bridgehead atoms. The lowest BCUT2D eigenvalue weighted by Gasteiger charge is -2.20. The summed E-state index contributed by atoms with van der Waals surface area (Å²) in [4.78, 5) is 14.4. The van der Waals surface area contributed by atoms with Gasteiger partial charge in [-0.2, -0.15) is 0 Å². The van der Waals surface area contributed by atoms with E-state index >= 15 is 0 Å². The van der Waals surface area contributed by atoms with Gasteiger partial charge < -0.3 is 9.64 Å². The van der Waals surface area contributed by atoms with Crippen LogP contribution in [0.25, 0.3) is 0 Å². The summed E-state index contributed by atoms with van der Waals surface area (Å²) in [6.45, 7) is 5.33. The predicted octanol–water partition coefficient (Wildman–Crippen LogP) is 3.76. The van der Waals surface area contributed by atoms with E-state index in [1.807, 2.05) is 6.92 Å². The number of carbonyl (C=O) groups excluding carboxylic acids is 1. The van der Waals surface area contributed by atoms with Gasteiger partial charge in [0.1, 0.15) is 5.75 Å². The molecular weight excluding hydrogens is 364 g/mol. The molecule has 7 heteroatoms. The maximum absolute atomic E-state index is 12.6. The average Bonchev–Trinajstić information content (AvgIpc) is 2.68. The van der Waals surface area contributed by atoms with Crippen molar-refractivity contribution in [3.8, 4) is 5.75 Å². The number of amides is 1. The Kier molecular flexibility index (Phi) is 7.24. The van der Waals surface area contributed by atoms with Crippen molar-refractivity contribution < 1.29 is 17.9 Å². The van der Waals surface area contributed by atoms with Crippen LogP contribution in [0.2, 0.25) is 0 Å². The molecule has 1 N–H and O–H groups in total. The fraction of sp³-hybridized carbons (Fsp3) is 0.350. The summed E-state index contributed by atoms with van der Waals surface area (Å²) in [7, 11) is -2.31. The van der Waals surface area contributed by atoms with Crippen molar-refractivity contribution in [2.45, 2.75) is 31.6 Å². The second-order valence-corrected chi connectivity index (χ2v) is 7.75. The Morgan fingerprint density at radius 3 is 2.33 bits per heavy atom. The summed E-state index contributed by atoms with van der Waals surface area (Å²) < 4.78 is 32.9. The highest BCUT2D eigenvalue weighted by Gasteiger charge is 2.18. The molecule has 2 aromatic carbocycles. The summed E-state index contributed by atoms with van der Waals surface area (Å²) in [5, 5.41) is 0. The van der Waals surface area contributed by atoms with Crippen molar-refractivity contribution in [1.29, 1.82) is 0 Å². The molecule has 0 radical (unpaired) electrons. The lowest BCUT2D eigenvalue weighted by Crippen LogP contribution is -2.31. The number of carbonyl (C=O) groups is 1. The molecule has 2 rings (SSSR count). The third kappa shape index (κ3) is 5.23. The number of unbranched alkanes of at least 4 members (excludes halogenated alkanes) is 1. The lowest BCUT2D eigenvalue weighted by atomic mass is 10.2. The molecule has 0 saturated carbocycles. The van der Waals surface area contributed by atoms with Crippen LogP contribution in [-0.2, 0) is 10.0 Å². The highest BCUT2D eigenvalue weighted by molar-refractivity contribution is 7.92. The molecular formula is C20H26N2O4S. The van der Waals surface area contributed by atoms with E-state index < -0.39 is 10.0 Å². The zero-order valence-electron chi connectivity index (χ0n) is 15.9. The zero-order valence-corrected chi connectivity index (χ0v) is 16.8. The van der Waals surface area contributed by atoms with Gasteiger partial charge in [0, 0.05) is 18.7 Å². The van der Waals surface area contributed by atoms with Gasteiger partial charge in [-0.1, -0.05) is 25.5 Å². The number of benzene rings is 2. The summed E-state index contributed by atoms with van der Waals surface area (Å²) in [5.74, 6) is 0.343. The smallest absolute Gasteiger partial charge is 0.262 e. The Bertz CT molecular complexity index is 864. The van der Waals surface area contributed by atoms with Gasteiger partial charge in [-0.05, 0) is 49.7 Å². The predicted molar refractivity (Wildman–Crippen MR) is 107 cm³/mol. The minimum absolute atomic E-state index is 0.0848. The first-order valence-corrected chi connectivity index (χ1v) is 10.5. The molecule has 146 valence electrons. The number of nitrogens with zero attached hydrogens (tertiary/aromatic N) is 1. The van der Waals surface area contributed by atoms with Crippen LogP contribution in [0.15, 0.2) is 53.4 Å². The SMILES string of the molecule is CCCCN(CC)C(=O)c1ccc(S(=O)(=O)Nc2ccccc2OC)cc1. The van der Waals surface area contributed by atoms with E-state index in [0.717, 1.165) is 12.8 Å². The molecule has 0 unspecified atom stereocenters. The van der Waals surface area contributed by atoms with Crippen LogP contribution in [0.1, 0.15) is 37.0 Å². The first-order chi connectivity index (χ1) is 12.9. The van der Waals surface area contributed by atoms with Crippen LogP contribution in [0, 0.1) is 0 Å². The Morgan fingerprint density at radius 1 is 1.07 bits per heavy atom. The van der Waals surface area contributed by atoms with Gasteiger partial charge in [0.15, 0.2) is 0 Å². The Balaban J connectivity index is 2.19. The molecule has 0 aliphatic rings. The van der Waals surface area contributed by atoms with E-state index in [1.54, 1.807) is 41.3 Å². The van der Waals surface area contributed by atoms with Gasteiger partial charge in [0.05, 0.1) is 17.7 Å². The monoisotopic (exact) mass is 390 g/mol. The average molecular weight is 391 g/mol. The van der Waals surface area contributed by atoms with E-state index in [-0.39, 0.29) is 10.8 Å². The number of hydrogen-bond acceptors (Lipinski definition) is 4. The number of anilines is 1. The number of hydrogen-bond donors (Lipinski definition) is 1. The number of para-hydroxylation sites is 2. The molecule has 0 aromatic heterocycles. The maximum atomic E-state index is 12.6.